The van der Waals surface area contributed by atoms with Crippen LogP contribution in [0.15, 0.2) is 41.2 Å². The Labute approximate surface area is 177 Å². The van der Waals surface area contributed by atoms with Gasteiger partial charge >= 0.3 is 0 Å². The molecule has 1 aliphatic heterocycles. The molecule has 2 aromatic rings. The second kappa shape index (κ2) is 9.69. The van der Waals surface area contributed by atoms with Gasteiger partial charge in [0.15, 0.2) is 11.5 Å². The Balaban J connectivity index is 1.55. The highest BCUT2D eigenvalue weighted by Gasteiger charge is 2.29. The molecule has 1 aliphatic rings. The van der Waals surface area contributed by atoms with Gasteiger partial charge in [-0.15, -0.1) is 0 Å². The number of piperidine rings is 1. The van der Waals surface area contributed by atoms with Gasteiger partial charge in [0.2, 0.25) is 5.91 Å². The highest BCUT2D eigenvalue weighted by Crippen LogP contribution is 2.31. The Morgan fingerprint density at radius 3 is 2.47 bits per heavy atom. The number of carbonyl (C=O) groups is 2. The molecule has 1 fully saturated rings. The molecule has 7 heteroatoms. The Bertz CT molecular complexity index is 854. The predicted molar refractivity (Wildman–Crippen MR) is 113 cm³/mol. The van der Waals surface area contributed by atoms with Crippen LogP contribution in [0.4, 0.5) is 0 Å². The minimum absolute atomic E-state index is 0.0133. The standard InChI is InChI=1S/C23H30N2O5/c1-15(2)30-20-6-5-18(13-21(20)28-4)16(3)24-22(26)17-7-10-25(11-8-17)23(27)19-9-12-29-14-19/h5-6,9,12-17H,7-8,10-11H2,1-4H3,(H,24,26). The van der Waals surface area contributed by atoms with Crippen LogP contribution in [0.2, 0.25) is 0 Å². The number of benzene rings is 1. The van der Waals surface area contributed by atoms with Crippen LogP contribution in [0, 0.1) is 5.92 Å². The molecule has 0 radical (unpaired) electrons. The van der Waals surface area contributed by atoms with Crippen LogP contribution < -0.4 is 14.8 Å². The second-order valence-electron chi connectivity index (χ2n) is 7.89. The average molecular weight is 415 g/mol. The molecule has 2 heterocycles. The Morgan fingerprint density at radius 2 is 1.87 bits per heavy atom. The summed E-state index contributed by atoms with van der Waals surface area (Å²) in [6.45, 7) is 7.00. The molecule has 1 saturated heterocycles. The van der Waals surface area contributed by atoms with Gasteiger partial charge in [-0.1, -0.05) is 6.07 Å². The quantitative estimate of drug-likeness (QED) is 0.745. The number of methoxy groups -OCH3 is 1. The summed E-state index contributed by atoms with van der Waals surface area (Å²) in [4.78, 5) is 26.9. The zero-order valence-corrected chi connectivity index (χ0v) is 18.0. The Hall–Kier alpha value is -2.96. The maximum Gasteiger partial charge on any atom is 0.257 e. The van der Waals surface area contributed by atoms with Crippen molar-refractivity contribution in [3.63, 3.8) is 0 Å². The summed E-state index contributed by atoms with van der Waals surface area (Å²) in [5, 5.41) is 3.10. The lowest BCUT2D eigenvalue weighted by Crippen LogP contribution is -2.43. The molecule has 2 amide bonds. The first kappa shape index (κ1) is 21.7. The first-order chi connectivity index (χ1) is 14.4. The van der Waals surface area contributed by atoms with E-state index < -0.39 is 0 Å². The maximum absolute atomic E-state index is 12.8. The number of nitrogens with one attached hydrogen (secondary N) is 1. The van der Waals surface area contributed by atoms with Gasteiger partial charge in [-0.3, -0.25) is 9.59 Å². The Morgan fingerprint density at radius 1 is 1.13 bits per heavy atom. The largest absolute Gasteiger partial charge is 0.493 e. The number of furan rings is 1. The number of hydrogen-bond donors (Lipinski definition) is 1. The van der Waals surface area contributed by atoms with Crippen LogP contribution in [0.3, 0.4) is 0 Å². The van der Waals surface area contributed by atoms with Crippen molar-refractivity contribution >= 4 is 11.8 Å². The van der Waals surface area contributed by atoms with Crippen molar-refractivity contribution < 1.29 is 23.5 Å². The summed E-state index contributed by atoms with van der Waals surface area (Å²) < 4.78 is 16.2. The Kier molecular flexibility index (Phi) is 7.03. The molecule has 1 atom stereocenters. The van der Waals surface area contributed by atoms with Gasteiger partial charge in [0, 0.05) is 19.0 Å². The van der Waals surface area contributed by atoms with E-state index in [1.165, 1.54) is 12.5 Å². The van der Waals surface area contributed by atoms with Crippen LogP contribution in [0.1, 0.15) is 55.6 Å². The molecular formula is C23H30N2O5. The van der Waals surface area contributed by atoms with E-state index in [-0.39, 0.29) is 29.9 Å². The topological polar surface area (TPSA) is 81.0 Å². The maximum atomic E-state index is 12.8. The van der Waals surface area contributed by atoms with Gasteiger partial charge in [-0.25, -0.2) is 0 Å². The highest BCUT2D eigenvalue weighted by atomic mass is 16.5. The molecule has 1 unspecified atom stereocenters. The van der Waals surface area contributed by atoms with Crippen molar-refractivity contribution in [2.24, 2.45) is 5.92 Å². The van der Waals surface area contributed by atoms with E-state index in [2.05, 4.69) is 5.32 Å². The summed E-state index contributed by atoms with van der Waals surface area (Å²) in [6, 6.07) is 7.21. The number of nitrogens with zero attached hydrogens (tertiary/aromatic N) is 1. The number of hydrogen-bond acceptors (Lipinski definition) is 5. The summed E-state index contributed by atoms with van der Waals surface area (Å²) >= 11 is 0. The number of ether oxygens (including phenoxy) is 2. The number of carbonyl (C=O) groups excluding carboxylic acids is 2. The molecule has 0 saturated carbocycles. The summed E-state index contributed by atoms with van der Waals surface area (Å²) in [5.41, 5.74) is 1.49. The monoisotopic (exact) mass is 414 g/mol. The van der Waals surface area contributed by atoms with E-state index in [1.807, 2.05) is 39.0 Å². The molecule has 162 valence electrons. The van der Waals surface area contributed by atoms with Crippen molar-refractivity contribution in [3.05, 3.63) is 47.9 Å². The van der Waals surface area contributed by atoms with Crippen molar-refractivity contribution in [1.82, 2.24) is 10.2 Å². The minimum Gasteiger partial charge on any atom is -0.493 e. The lowest BCUT2D eigenvalue weighted by atomic mass is 9.94. The molecule has 0 aliphatic carbocycles. The third-order valence-electron chi connectivity index (χ3n) is 5.33. The second-order valence-corrected chi connectivity index (χ2v) is 7.89. The number of rotatable bonds is 7. The van der Waals surface area contributed by atoms with Gasteiger partial charge < -0.3 is 24.1 Å². The molecule has 30 heavy (non-hydrogen) atoms. The van der Waals surface area contributed by atoms with Crippen molar-refractivity contribution in [3.8, 4) is 11.5 Å². The van der Waals surface area contributed by atoms with Gasteiger partial charge in [0.25, 0.3) is 5.91 Å². The lowest BCUT2D eigenvalue weighted by molar-refractivity contribution is -0.127. The molecule has 3 rings (SSSR count). The van der Waals surface area contributed by atoms with Crippen molar-refractivity contribution in [2.75, 3.05) is 20.2 Å². The van der Waals surface area contributed by atoms with E-state index >= 15 is 0 Å². The third kappa shape index (κ3) is 5.14. The first-order valence-corrected chi connectivity index (χ1v) is 10.4. The fourth-order valence-electron chi connectivity index (χ4n) is 3.63. The van der Waals surface area contributed by atoms with Crippen LogP contribution >= 0.6 is 0 Å². The van der Waals surface area contributed by atoms with Crippen LogP contribution in [-0.4, -0.2) is 43.0 Å². The highest BCUT2D eigenvalue weighted by molar-refractivity contribution is 5.94. The average Bonchev–Trinajstić information content (AvgIpc) is 3.28. The zero-order valence-electron chi connectivity index (χ0n) is 18.0. The molecule has 0 bridgehead atoms. The zero-order chi connectivity index (χ0) is 21.7. The molecule has 0 spiro atoms. The van der Waals surface area contributed by atoms with Crippen molar-refractivity contribution in [1.29, 1.82) is 0 Å². The molecule has 1 N–H and O–H groups in total. The third-order valence-corrected chi connectivity index (χ3v) is 5.33. The van der Waals surface area contributed by atoms with Gasteiger partial charge in [-0.2, -0.15) is 0 Å². The molecule has 1 aromatic carbocycles. The number of likely N-dealkylation sites (tertiary alicyclic amines) is 1. The molecule has 1 aromatic heterocycles. The predicted octanol–water partition coefficient (Wildman–Crippen LogP) is 3.81. The minimum atomic E-state index is -0.162. The summed E-state index contributed by atoms with van der Waals surface area (Å²) in [7, 11) is 1.61. The lowest BCUT2D eigenvalue weighted by Gasteiger charge is -2.31. The first-order valence-electron chi connectivity index (χ1n) is 10.4. The normalized spacial score (nSPS) is 15.7. The number of amides is 2. The fraction of sp³-hybridized carbons (Fsp3) is 0.478. The van der Waals surface area contributed by atoms with E-state index in [4.69, 9.17) is 13.9 Å². The van der Waals surface area contributed by atoms with Crippen LogP contribution in [-0.2, 0) is 4.79 Å². The van der Waals surface area contributed by atoms with Crippen LogP contribution in [0.25, 0.3) is 0 Å². The van der Waals surface area contributed by atoms with E-state index in [0.717, 1.165) is 5.56 Å². The summed E-state index contributed by atoms with van der Waals surface area (Å²) in [6.07, 6.45) is 4.28. The van der Waals surface area contributed by atoms with Crippen LogP contribution in [0.5, 0.6) is 11.5 Å². The SMILES string of the molecule is COc1cc(C(C)NC(=O)C2CCN(C(=O)c3ccoc3)CC2)ccc1OC(C)C. The summed E-state index contributed by atoms with van der Waals surface area (Å²) in [5.74, 6) is 1.19. The van der Waals surface area contributed by atoms with Gasteiger partial charge in [0.05, 0.1) is 31.1 Å². The fourth-order valence-corrected chi connectivity index (χ4v) is 3.63. The van der Waals surface area contributed by atoms with E-state index in [9.17, 15) is 9.59 Å². The van der Waals surface area contributed by atoms with Gasteiger partial charge in [-0.05, 0) is 57.4 Å². The molecular weight excluding hydrogens is 384 g/mol. The van der Waals surface area contributed by atoms with E-state index in [0.29, 0.717) is 43.0 Å². The smallest absolute Gasteiger partial charge is 0.257 e. The van der Waals surface area contributed by atoms with Crippen molar-refractivity contribution in [2.45, 2.75) is 45.8 Å². The molecule has 7 nitrogen and oxygen atoms in total. The van der Waals surface area contributed by atoms with Gasteiger partial charge in [0.1, 0.15) is 6.26 Å². The van der Waals surface area contributed by atoms with E-state index in [1.54, 1.807) is 18.1 Å².